The Morgan fingerprint density at radius 1 is 1.12 bits per heavy atom. The Kier molecular flexibility index (Phi) is 5.63. The monoisotopic (exact) mass is 354 g/mol. The zero-order valence-corrected chi connectivity index (χ0v) is 16.1. The quantitative estimate of drug-likeness (QED) is 0.782. The molecule has 4 aliphatic rings. The fourth-order valence-electron chi connectivity index (χ4n) is 5.95. The summed E-state index contributed by atoms with van der Waals surface area (Å²) in [6.07, 6.45) is 11.4. The van der Waals surface area contributed by atoms with Crippen molar-refractivity contribution in [2.45, 2.75) is 57.8 Å². The van der Waals surface area contributed by atoms with Crippen molar-refractivity contribution >= 4 is 5.91 Å². The summed E-state index contributed by atoms with van der Waals surface area (Å²) in [4.78, 5) is 15.0. The van der Waals surface area contributed by atoms with Gasteiger partial charge in [-0.25, -0.2) is 0 Å². The molecular formula is C23H34N2O. The number of carbonyl (C=O) groups excluding carboxylic acids is 1. The smallest absolute Gasteiger partial charge is 0.223 e. The summed E-state index contributed by atoms with van der Waals surface area (Å²) in [6, 6.07) is 10.6. The molecule has 3 saturated carbocycles. The summed E-state index contributed by atoms with van der Waals surface area (Å²) in [7, 11) is 0. The standard InChI is InChI=1S/C23H34N2O/c26-22(12-15-24-14-11-19-5-2-1-3-6-19)25-16-4-13-23(18-25)17-20-7-9-21(23)10-8-20/h1-3,5-6,20-21,24H,4,7-18H2. The molecule has 1 N–H and O–H groups in total. The van der Waals surface area contributed by atoms with E-state index in [1.54, 1.807) is 0 Å². The molecule has 5 rings (SSSR count). The second kappa shape index (κ2) is 8.12. The van der Waals surface area contributed by atoms with Gasteiger partial charge in [-0.05, 0) is 67.9 Å². The fraction of sp³-hybridized carbons (Fsp3) is 0.696. The van der Waals surface area contributed by atoms with Crippen molar-refractivity contribution in [1.29, 1.82) is 0 Å². The maximum Gasteiger partial charge on any atom is 0.223 e. The Bertz CT molecular complexity index is 593. The van der Waals surface area contributed by atoms with Crippen LogP contribution in [0, 0.1) is 17.3 Å². The molecule has 1 aliphatic heterocycles. The van der Waals surface area contributed by atoms with Crippen LogP contribution in [0.1, 0.15) is 56.9 Å². The van der Waals surface area contributed by atoms with Crippen LogP contribution >= 0.6 is 0 Å². The number of likely N-dealkylation sites (tertiary alicyclic amines) is 1. The maximum absolute atomic E-state index is 12.7. The molecule has 3 nitrogen and oxygen atoms in total. The molecule has 0 aromatic heterocycles. The van der Waals surface area contributed by atoms with Gasteiger partial charge in [0.15, 0.2) is 0 Å². The predicted octanol–water partition coefficient (Wildman–Crippen LogP) is 4.03. The van der Waals surface area contributed by atoms with Crippen molar-refractivity contribution in [2.75, 3.05) is 26.2 Å². The number of carbonyl (C=O) groups is 1. The number of benzene rings is 1. The molecule has 26 heavy (non-hydrogen) atoms. The highest BCUT2D eigenvalue weighted by atomic mass is 16.2. The summed E-state index contributed by atoms with van der Waals surface area (Å²) in [5.41, 5.74) is 1.84. The lowest BCUT2D eigenvalue weighted by atomic mass is 9.53. The molecule has 1 saturated heterocycles. The highest BCUT2D eigenvalue weighted by molar-refractivity contribution is 5.76. The average molecular weight is 355 g/mol. The van der Waals surface area contributed by atoms with E-state index in [0.29, 0.717) is 17.7 Å². The first-order valence-corrected chi connectivity index (χ1v) is 10.8. The van der Waals surface area contributed by atoms with Gasteiger partial charge in [0.25, 0.3) is 0 Å². The minimum absolute atomic E-state index is 0.373. The van der Waals surface area contributed by atoms with Crippen molar-refractivity contribution in [1.82, 2.24) is 10.2 Å². The number of hydrogen-bond donors (Lipinski definition) is 1. The number of piperidine rings is 1. The van der Waals surface area contributed by atoms with Crippen LogP contribution in [0.5, 0.6) is 0 Å². The van der Waals surface area contributed by atoms with Crippen LogP contribution in [0.3, 0.4) is 0 Å². The van der Waals surface area contributed by atoms with Gasteiger partial charge in [-0.1, -0.05) is 43.2 Å². The highest BCUT2D eigenvalue weighted by Crippen LogP contribution is 2.56. The van der Waals surface area contributed by atoms with Gasteiger partial charge in [-0.15, -0.1) is 0 Å². The van der Waals surface area contributed by atoms with Crippen molar-refractivity contribution in [3.8, 4) is 0 Å². The topological polar surface area (TPSA) is 32.3 Å². The Labute approximate surface area is 158 Å². The van der Waals surface area contributed by atoms with Crippen LogP contribution in [-0.2, 0) is 11.2 Å². The summed E-state index contributed by atoms with van der Waals surface area (Å²) in [6.45, 7) is 3.80. The first-order chi connectivity index (χ1) is 12.8. The molecule has 3 heteroatoms. The molecule has 1 aromatic rings. The SMILES string of the molecule is O=C(CCNCCc1ccccc1)N1CCCC2(CC3CCC2CC3)C1. The van der Waals surface area contributed by atoms with Crippen LogP contribution in [0.2, 0.25) is 0 Å². The first-order valence-electron chi connectivity index (χ1n) is 10.8. The molecule has 1 heterocycles. The molecule has 3 aliphatic carbocycles. The molecule has 1 aromatic carbocycles. The molecule has 1 unspecified atom stereocenters. The Balaban J connectivity index is 1.21. The maximum atomic E-state index is 12.7. The predicted molar refractivity (Wildman–Crippen MR) is 106 cm³/mol. The molecule has 142 valence electrons. The minimum Gasteiger partial charge on any atom is -0.342 e. The van der Waals surface area contributed by atoms with Gasteiger partial charge in [0.1, 0.15) is 0 Å². The van der Waals surface area contributed by atoms with E-state index in [-0.39, 0.29) is 0 Å². The third-order valence-electron chi connectivity index (χ3n) is 7.32. The number of hydrogen-bond acceptors (Lipinski definition) is 2. The number of nitrogens with one attached hydrogen (secondary N) is 1. The van der Waals surface area contributed by atoms with Crippen molar-refractivity contribution < 1.29 is 4.79 Å². The lowest BCUT2D eigenvalue weighted by Gasteiger charge is -2.55. The molecule has 2 bridgehead atoms. The molecular weight excluding hydrogens is 320 g/mol. The van der Waals surface area contributed by atoms with Gasteiger partial charge in [0.2, 0.25) is 5.91 Å². The minimum atomic E-state index is 0.373. The molecule has 4 fully saturated rings. The third kappa shape index (κ3) is 3.98. The Morgan fingerprint density at radius 2 is 1.92 bits per heavy atom. The van der Waals surface area contributed by atoms with Gasteiger partial charge in [0.05, 0.1) is 0 Å². The summed E-state index contributed by atoms with van der Waals surface area (Å²) < 4.78 is 0. The summed E-state index contributed by atoms with van der Waals surface area (Å²) >= 11 is 0. The van der Waals surface area contributed by atoms with Crippen LogP contribution in [-0.4, -0.2) is 37.0 Å². The van der Waals surface area contributed by atoms with Gasteiger partial charge in [-0.2, -0.15) is 0 Å². The van der Waals surface area contributed by atoms with Crippen LogP contribution < -0.4 is 5.32 Å². The lowest BCUT2D eigenvalue weighted by Crippen LogP contribution is -2.53. The van der Waals surface area contributed by atoms with E-state index in [1.807, 2.05) is 0 Å². The molecule has 0 radical (unpaired) electrons. The van der Waals surface area contributed by atoms with E-state index in [0.717, 1.165) is 44.4 Å². The van der Waals surface area contributed by atoms with Gasteiger partial charge >= 0.3 is 0 Å². The largest absolute Gasteiger partial charge is 0.342 e. The highest BCUT2D eigenvalue weighted by Gasteiger charge is 2.49. The molecule has 1 amide bonds. The zero-order chi connectivity index (χ0) is 17.8. The first kappa shape index (κ1) is 18.0. The normalized spacial score (nSPS) is 30.7. The van der Waals surface area contributed by atoms with Crippen molar-refractivity contribution in [2.24, 2.45) is 17.3 Å². The lowest BCUT2D eigenvalue weighted by molar-refractivity contribution is -0.139. The number of fused-ring (bicyclic) bond motifs is 2. The van der Waals surface area contributed by atoms with E-state index in [4.69, 9.17) is 0 Å². The van der Waals surface area contributed by atoms with E-state index in [2.05, 4.69) is 40.5 Å². The van der Waals surface area contributed by atoms with Crippen molar-refractivity contribution in [3.05, 3.63) is 35.9 Å². The zero-order valence-electron chi connectivity index (χ0n) is 16.1. The number of nitrogens with zero attached hydrogens (tertiary/aromatic N) is 1. The molecule has 1 atom stereocenters. The van der Waals surface area contributed by atoms with Gasteiger partial charge in [0, 0.05) is 26.1 Å². The Morgan fingerprint density at radius 3 is 2.65 bits per heavy atom. The number of rotatable bonds is 6. The second-order valence-electron chi connectivity index (χ2n) is 8.94. The third-order valence-corrected chi connectivity index (χ3v) is 7.32. The number of amides is 1. The van der Waals surface area contributed by atoms with Crippen LogP contribution in [0.4, 0.5) is 0 Å². The van der Waals surface area contributed by atoms with Crippen LogP contribution in [0.25, 0.3) is 0 Å². The molecule has 1 spiro atoms. The Hall–Kier alpha value is -1.35. The van der Waals surface area contributed by atoms with Gasteiger partial charge in [-0.3, -0.25) is 4.79 Å². The van der Waals surface area contributed by atoms with Crippen molar-refractivity contribution in [3.63, 3.8) is 0 Å². The summed E-state index contributed by atoms with van der Waals surface area (Å²) in [5.74, 6) is 2.22. The summed E-state index contributed by atoms with van der Waals surface area (Å²) in [5, 5.41) is 3.45. The van der Waals surface area contributed by atoms with Gasteiger partial charge < -0.3 is 10.2 Å². The van der Waals surface area contributed by atoms with E-state index >= 15 is 0 Å². The van der Waals surface area contributed by atoms with E-state index in [1.165, 1.54) is 50.5 Å². The van der Waals surface area contributed by atoms with Crippen LogP contribution in [0.15, 0.2) is 30.3 Å². The second-order valence-corrected chi connectivity index (χ2v) is 8.94. The average Bonchev–Trinajstić information content (AvgIpc) is 2.69. The van der Waals surface area contributed by atoms with E-state index in [9.17, 15) is 4.79 Å². The van der Waals surface area contributed by atoms with E-state index < -0.39 is 0 Å². The fourth-order valence-corrected chi connectivity index (χ4v) is 5.95.